The largest absolute Gasteiger partial charge is 0.406 e. The van der Waals surface area contributed by atoms with Gasteiger partial charge in [-0.25, -0.2) is 0 Å². The topological polar surface area (TPSA) is 60.9 Å². The van der Waals surface area contributed by atoms with Crippen molar-refractivity contribution in [2.45, 2.75) is 25.4 Å². The van der Waals surface area contributed by atoms with E-state index < -0.39 is 24.5 Å². The molecule has 120 valence electrons. The minimum absolute atomic E-state index is 0.0635. The predicted octanol–water partition coefficient (Wildman–Crippen LogP) is 0.628. The molecule has 0 bridgehead atoms. The van der Waals surface area contributed by atoms with Crippen LogP contribution in [-0.2, 0) is 9.59 Å². The van der Waals surface area contributed by atoms with E-state index in [9.17, 15) is 22.8 Å². The Morgan fingerprint density at radius 2 is 2.05 bits per heavy atom. The number of amides is 2. The van der Waals surface area contributed by atoms with Gasteiger partial charge in [-0.2, -0.15) is 13.2 Å². The first-order valence-corrected chi connectivity index (χ1v) is 7.04. The molecule has 0 spiro atoms. The molecule has 2 atom stereocenters. The molecule has 2 saturated heterocycles. The van der Waals surface area contributed by atoms with Crippen LogP contribution in [0, 0.1) is 11.8 Å². The first-order chi connectivity index (χ1) is 9.80. The van der Waals surface area contributed by atoms with E-state index in [1.807, 2.05) is 0 Å². The number of nitrogens with zero attached hydrogens (tertiary/aromatic N) is 2. The number of hydrogen-bond acceptors (Lipinski definition) is 3. The highest BCUT2D eigenvalue weighted by atomic mass is 19.4. The first-order valence-electron chi connectivity index (χ1n) is 7.04. The molecular formula is C13H19F3N2O3. The zero-order valence-electron chi connectivity index (χ0n) is 11.6. The van der Waals surface area contributed by atoms with Crippen molar-refractivity contribution in [1.29, 1.82) is 0 Å². The third-order valence-corrected chi connectivity index (χ3v) is 4.07. The number of aliphatic hydroxyl groups excluding tert-OH is 1. The Hall–Kier alpha value is -1.31. The van der Waals surface area contributed by atoms with Gasteiger partial charge in [0.1, 0.15) is 6.54 Å². The Morgan fingerprint density at radius 1 is 1.33 bits per heavy atom. The molecule has 2 aliphatic heterocycles. The molecule has 2 fully saturated rings. The third-order valence-electron chi connectivity index (χ3n) is 4.07. The molecule has 5 nitrogen and oxygen atoms in total. The molecule has 21 heavy (non-hydrogen) atoms. The number of halogens is 3. The smallest absolute Gasteiger partial charge is 0.396 e. The van der Waals surface area contributed by atoms with E-state index in [1.54, 1.807) is 4.90 Å². The van der Waals surface area contributed by atoms with Crippen LogP contribution in [0.1, 0.15) is 19.3 Å². The van der Waals surface area contributed by atoms with Crippen LogP contribution in [0.2, 0.25) is 0 Å². The van der Waals surface area contributed by atoms with Gasteiger partial charge in [-0.3, -0.25) is 9.59 Å². The summed E-state index contributed by atoms with van der Waals surface area (Å²) in [5.74, 6) is -1.29. The zero-order valence-corrected chi connectivity index (χ0v) is 11.6. The minimum atomic E-state index is -4.44. The summed E-state index contributed by atoms with van der Waals surface area (Å²) in [5.41, 5.74) is 0. The van der Waals surface area contributed by atoms with E-state index in [4.69, 9.17) is 5.11 Å². The summed E-state index contributed by atoms with van der Waals surface area (Å²) >= 11 is 0. The summed E-state index contributed by atoms with van der Waals surface area (Å²) in [4.78, 5) is 26.1. The van der Waals surface area contributed by atoms with Gasteiger partial charge in [-0.05, 0) is 18.8 Å². The summed E-state index contributed by atoms with van der Waals surface area (Å²) < 4.78 is 37.0. The summed E-state index contributed by atoms with van der Waals surface area (Å²) in [6.45, 7) is -0.314. The SMILES string of the molecule is O=C1CC(C(=O)N2CCC(CCO)C2)CN1CC(F)(F)F. The number of likely N-dealkylation sites (tertiary alicyclic amines) is 2. The maximum atomic E-state index is 12.3. The lowest BCUT2D eigenvalue weighted by Crippen LogP contribution is -2.38. The second-order valence-corrected chi connectivity index (χ2v) is 5.74. The van der Waals surface area contributed by atoms with Gasteiger partial charge in [0, 0.05) is 32.7 Å². The van der Waals surface area contributed by atoms with Crippen molar-refractivity contribution >= 4 is 11.8 Å². The summed E-state index contributed by atoms with van der Waals surface area (Å²) in [6, 6.07) is 0. The molecule has 0 aromatic carbocycles. The lowest BCUT2D eigenvalue weighted by atomic mass is 10.1. The fraction of sp³-hybridized carbons (Fsp3) is 0.846. The Morgan fingerprint density at radius 3 is 2.67 bits per heavy atom. The maximum absolute atomic E-state index is 12.3. The Kier molecular flexibility index (Phi) is 4.75. The van der Waals surface area contributed by atoms with Crippen LogP contribution >= 0.6 is 0 Å². The van der Waals surface area contributed by atoms with E-state index in [0.29, 0.717) is 24.4 Å². The number of carbonyl (C=O) groups excluding carboxylic acids is 2. The highest BCUT2D eigenvalue weighted by Crippen LogP contribution is 2.27. The normalized spacial score (nSPS) is 26.8. The third kappa shape index (κ3) is 4.09. The standard InChI is InChI=1S/C13H19F3N2O3/c14-13(15,16)8-18-7-10(5-11(18)20)12(21)17-3-1-9(6-17)2-4-19/h9-10,19H,1-8H2. The Bertz CT molecular complexity index is 414. The molecule has 2 unspecified atom stereocenters. The minimum Gasteiger partial charge on any atom is -0.396 e. The van der Waals surface area contributed by atoms with Gasteiger partial charge < -0.3 is 14.9 Å². The monoisotopic (exact) mass is 308 g/mol. The molecule has 0 aromatic rings. The molecular weight excluding hydrogens is 289 g/mol. The molecule has 2 rings (SSSR count). The van der Waals surface area contributed by atoms with E-state index in [1.165, 1.54) is 0 Å². The van der Waals surface area contributed by atoms with Crippen molar-refractivity contribution in [3.63, 3.8) is 0 Å². The van der Waals surface area contributed by atoms with Gasteiger partial charge in [-0.15, -0.1) is 0 Å². The predicted molar refractivity (Wildman–Crippen MR) is 67.1 cm³/mol. The second kappa shape index (κ2) is 6.21. The summed E-state index contributed by atoms with van der Waals surface area (Å²) in [5, 5.41) is 8.88. The molecule has 8 heteroatoms. The van der Waals surface area contributed by atoms with E-state index in [2.05, 4.69) is 0 Å². The van der Waals surface area contributed by atoms with Crippen molar-refractivity contribution in [2.75, 3.05) is 32.8 Å². The van der Waals surface area contributed by atoms with Crippen molar-refractivity contribution < 1.29 is 27.9 Å². The van der Waals surface area contributed by atoms with Crippen LogP contribution in [0.4, 0.5) is 13.2 Å². The van der Waals surface area contributed by atoms with Crippen LogP contribution in [-0.4, -0.2) is 65.7 Å². The van der Waals surface area contributed by atoms with Crippen molar-refractivity contribution in [3.8, 4) is 0 Å². The van der Waals surface area contributed by atoms with Gasteiger partial charge >= 0.3 is 6.18 Å². The molecule has 1 N–H and O–H groups in total. The summed E-state index contributed by atoms with van der Waals surface area (Å²) in [7, 11) is 0. The van der Waals surface area contributed by atoms with Crippen LogP contribution < -0.4 is 0 Å². The maximum Gasteiger partial charge on any atom is 0.406 e. The fourth-order valence-corrected chi connectivity index (χ4v) is 3.02. The van der Waals surface area contributed by atoms with Gasteiger partial charge in [-0.1, -0.05) is 0 Å². The molecule has 2 amide bonds. The van der Waals surface area contributed by atoms with E-state index in [0.717, 1.165) is 6.42 Å². The van der Waals surface area contributed by atoms with Gasteiger partial charge in [0.2, 0.25) is 11.8 Å². The van der Waals surface area contributed by atoms with Crippen LogP contribution in [0.3, 0.4) is 0 Å². The van der Waals surface area contributed by atoms with Crippen LogP contribution in [0.5, 0.6) is 0 Å². The van der Waals surface area contributed by atoms with Crippen LogP contribution in [0.25, 0.3) is 0 Å². The number of rotatable bonds is 4. The van der Waals surface area contributed by atoms with E-state index >= 15 is 0 Å². The Labute approximate surface area is 120 Å². The van der Waals surface area contributed by atoms with Gasteiger partial charge in [0.05, 0.1) is 5.92 Å². The molecule has 0 radical (unpaired) electrons. The first kappa shape index (κ1) is 16.1. The number of aliphatic hydroxyl groups is 1. The molecule has 2 heterocycles. The fourth-order valence-electron chi connectivity index (χ4n) is 3.02. The van der Waals surface area contributed by atoms with Crippen LogP contribution in [0.15, 0.2) is 0 Å². The van der Waals surface area contributed by atoms with Crippen molar-refractivity contribution in [2.24, 2.45) is 11.8 Å². The molecule has 0 aliphatic carbocycles. The average molecular weight is 308 g/mol. The highest BCUT2D eigenvalue weighted by molar-refractivity contribution is 5.89. The molecule has 0 aromatic heterocycles. The Balaban J connectivity index is 1.89. The van der Waals surface area contributed by atoms with Gasteiger partial charge in [0.25, 0.3) is 0 Å². The lowest BCUT2D eigenvalue weighted by molar-refractivity contribution is -0.157. The van der Waals surface area contributed by atoms with Crippen molar-refractivity contribution in [1.82, 2.24) is 9.80 Å². The quantitative estimate of drug-likeness (QED) is 0.828. The van der Waals surface area contributed by atoms with Gasteiger partial charge in [0.15, 0.2) is 0 Å². The lowest BCUT2D eigenvalue weighted by Gasteiger charge is -2.21. The van der Waals surface area contributed by atoms with E-state index in [-0.39, 0.29) is 31.4 Å². The highest BCUT2D eigenvalue weighted by Gasteiger charge is 2.42. The summed E-state index contributed by atoms with van der Waals surface area (Å²) in [6.07, 6.45) is -3.17. The molecule has 0 saturated carbocycles. The number of alkyl halides is 3. The zero-order chi connectivity index (χ0) is 15.6. The van der Waals surface area contributed by atoms with Crippen molar-refractivity contribution in [3.05, 3.63) is 0 Å². The number of carbonyl (C=O) groups is 2. The molecule has 2 aliphatic rings. The number of hydrogen-bond donors (Lipinski definition) is 1. The second-order valence-electron chi connectivity index (χ2n) is 5.74. The average Bonchev–Trinajstić information content (AvgIpc) is 2.95.